The first kappa shape index (κ1) is 14.9. The number of halogens is 1. The highest BCUT2D eigenvalue weighted by Crippen LogP contribution is 2.33. The maximum atomic E-state index is 6.03. The van der Waals surface area contributed by atoms with Gasteiger partial charge >= 0.3 is 0 Å². The van der Waals surface area contributed by atoms with E-state index in [4.69, 9.17) is 17.3 Å². The van der Waals surface area contributed by atoms with Crippen LogP contribution in [0.1, 0.15) is 18.4 Å². The Morgan fingerprint density at radius 2 is 2.00 bits per heavy atom. The normalized spacial score (nSPS) is 13.9. The Balaban J connectivity index is 1.57. The van der Waals surface area contributed by atoms with Crippen molar-refractivity contribution in [3.05, 3.63) is 53.7 Å². The minimum Gasteiger partial charge on any atom is -0.368 e. The second kappa shape index (κ2) is 6.09. The number of nitrogen functional groups attached to an aromatic ring is 1. The Labute approximate surface area is 144 Å². The van der Waals surface area contributed by atoms with Gasteiger partial charge in [0.25, 0.3) is 0 Å². The predicted octanol–water partition coefficient (Wildman–Crippen LogP) is 2.46. The monoisotopic (exact) mass is 341 g/mol. The Kier molecular flexibility index (Phi) is 3.78. The lowest BCUT2D eigenvalue weighted by Gasteiger charge is -2.24. The van der Waals surface area contributed by atoms with E-state index >= 15 is 0 Å². The lowest BCUT2D eigenvalue weighted by molar-refractivity contribution is 0.776. The largest absolute Gasteiger partial charge is 0.368 e. The Bertz CT molecular complexity index is 808. The first-order valence-corrected chi connectivity index (χ1v) is 8.07. The Morgan fingerprint density at radius 3 is 2.62 bits per heavy atom. The summed E-state index contributed by atoms with van der Waals surface area (Å²) < 4.78 is 1.73. The van der Waals surface area contributed by atoms with Gasteiger partial charge in [-0.05, 0) is 30.5 Å². The van der Waals surface area contributed by atoms with E-state index in [1.807, 2.05) is 12.1 Å². The van der Waals surface area contributed by atoms with Crippen molar-refractivity contribution in [1.82, 2.24) is 24.7 Å². The highest BCUT2D eigenvalue weighted by atomic mass is 35.5. The summed E-state index contributed by atoms with van der Waals surface area (Å²) in [5, 5.41) is 4.50. The number of rotatable bonds is 5. The van der Waals surface area contributed by atoms with Gasteiger partial charge in [0.2, 0.25) is 5.95 Å². The summed E-state index contributed by atoms with van der Waals surface area (Å²) in [5.41, 5.74) is 7.89. The second-order valence-electron chi connectivity index (χ2n) is 5.77. The Hall–Kier alpha value is -2.67. The van der Waals surface area contributed by atoms with Crippen LogP contribution in [0.3, 0.4) is 0 Å². The van der Waals surface area contributed by atoms with Gasteiger partial charge in [0.1, 0.15) is 23.6 Å². The molecule has 7 nitrogen and oxygen atoms in total. The molecule has 0 saturated heterocycles. The molecule has 1 saturated carbocycles. The summed E-state index contributed by atoms with van der Waals surface area (Å²) in [7, 11) is 0. The van der Waals surface area contributed by atoms with Gasteiger partial charge in [-0.25, -0.2) is 14.6 Å². The molecule has 2 N–H and O–H groups in total. The van der Waals surface area contributed by atoms with Crippen LogP contribution in [0.25, 0.3) is 5.69 Å². The van der Waals surface area contributed by atoms with Crippen LogP contribution in [0.5, 0.6) is 0 Å². The molecule has 0 amide bonds. The van der Waals surface area contributed by atoms with Crippen molar-refractivity contribution in [2.45, 2.75) is 25.4 Å². The molecule has 122 valence electrons. The summed E-state index contributed by atoms with van der Waals surface area (Å²) in [6.45, 7) is 0.745. The molecule has 1 aliphatic carbocycles. The van der Waals surface area contributed by atoms with Crippen molar-refractivity contribution in [3.8, 4) is 5.69 Å². The third kappa shape index (κ3) is 3.16. The zero-order chi connectivity index (χ0) is 16.5. The van der Waals surface area contributed by atoms with E-state index in [1.54, 1.807) is 17.1 Å². The smallest absolute Gasteiger partial charge is 0.223 e. The van der Waals surface area contributed by atoms with Crippen LogP contribution in [0.15, 0.2) is 43.0 Å². The summed E-state index contributed by atoms with van der Waals surface area (Å²) in [4.78, 5) is 14.5. The van der Waals surface area contributed by atoms with Gasteiger partial charge in [-0.15, -0.1) is 0 Å². The van der Waals surface area contributed by atoms with Crippen LogP contribution < -0.4 is 10.6 Å². The molecule has 8 heteroatoms. The minimum absolute atomic E-state index is 0.199. The van der Waals surface area contributed by atoms with Crippen LogP contribution >= 0.6 is 11.6 Å². The third-order valence-corrected chi connectivity index (χ3v) is 4.15. The number of hydrogen-bond acceptors (Lipinski definition) is 6. The standard InChI is InChI=1S/C16H16ClN7/c17-14-7-15(22-16(18)21-14)23(12-5-6-12)8-11-1-3-13(4-2-11)24-10-19-9-20-24/h1-4,7,9-10,12H,5-6,8H2,(H2,18,21,22). The maximum absolute atomic E-state index is 6.03. The van der Waals surface area contributed by atoms with Crippen molar-refractivity contribution < 1.29 is 0 Å². The van der Waals surface area contributed by atoms with Gasteiger partial charge in [-0.3, -0.25) is 0 Å². The number of aromatic nitrogens is 5. The van der Waals surface area contributed by atoms with E-state index in [0.29, 0.717) is 11.2 Å². The van der Waals surface area contributed by atoms with Crippen LogP contribution in [0, 0.1) is 0 Å². The van der Waals surface area contributed by atoms with Gasteiger partial charge in [0.15, 0.2) is 0 Å². The van der Waals surface area contributed by atoms with Crippen LogP contribution in [0.2, 0.25) is 5.15 Å². The van der Waals surface area contributed by atoms with Gasteiger partial charge in [0.05, 0.1) is 5.69 Å². The molecule has 1 aromatic carbocycles. The molecule has 0 unspecified atom stereocenters. The first-order valence-electron chi connectivity index (χ1n) is 7.70. The van der Waals surface area contributed by atoms with E-state index in [-0.39, 0.29) is 5.95 Å². The molecule has 2 heterocycles. The summed E-state index contributed by atoms with van der Waals surface area (Å²) >= 11 is 6.03. The molecule has 0 aliphatic heterocycles. The molecule has 0 atom stereocenters. The Morgan fingerprint density at radius 1 is 1.21 bits per heavy atom. The zero-order valence-electron chi connectivity index (χ0n) is 12.9. The highest BCUT2D eigenvalue weighted by Gasteiger charge is 2.30. The van der Waals surface area contributed by atoms with Gasteiger partial charge in [0, 0.05) is 18.7 Å². The average Bonchev–Trinajstić information content (AvgIpc) is 3.25. The summed E-state index contributed by atoms with van der Waals surface area (Å²) in [6.07, 6.45) is 5.50. The number of nitrogens with two attached hydrogens (primary N) is 1. The van der Waals surface area contributed by atoms with Crippen molar-refractivity contribution in [1.29, 1.82) is 0 Å². The lowest BCUT2D eigenvalue weighted by atomic mass is 10.2. The first-order chi connectivity index (χ1) is 11.7. The van der Waals surface area contributed by atoms with Gasteiger partial charge in [-0.2, -0.15) is 10.1 Å². The fraction of sp³-hybridized carbons (Fsp3) is 0.250. The minimum atomic E-state index is 0.199. The molecular weight excluding hydrogens is 326 g/mol. The van der Waals surface area contributed by atoms with E-state index < -0.39 is 0 Å². The number of anilines is 2. The molecule has 0 radical (unpaired) electrons. The topological polar surface area (TPSA) is 85.8 Å². The maximum Gasteiger partial charge on any atom is 0.223 e. The molecule has 1 fully saturated rings. The fourth-order valence-electron chi connectivity index (χ4n) is 2.65. The third-order valence-electron chi connectivity index (χ3n) is 3.95. The van der Waals surface area contributed by atoms with Gasteiger partial charge < -0.3 is 10.6 Å². The quantitative estimate of drug-likeness (QED) is 0.717. The van der Waals surface area contributed by atoms with Crippen molar-refractivity contribution in [3.63, 3.8) is 0 Å². The molecule has 3 aromatic rings. The number of nitrogens with zero attached hydrogens (tertiary/aromatic N) is 6. The molecule has 1 aliphatic rings. The molecular formula is C16H16ClN7. The lowest BCUT2D eigenvalue weighted by Crippen LogP contribution is -2.26. The molecule has 0 spiro atoms. The average molecular weight is 342 g/mol. The van der Waals surface area contributed by atoms with E-state index in [2.05, 4.69) is 37.1 Å². The molecule has 4 rings (SSSR count). The van der Waals surface area contributed by atoms with Crippen molar-refractivity contribution in [2.75, 3.05) is 10.6 Å². The molecule has 0 bridgehead atoms. The fourth-order valence-corrected chi connectivity index (χ4v) is 2.83. The second-order valence-corrected chi connectivity index (χ2v) is 6.16. The summed E-state index contributed by atoms with van der Waals surface area (Å²) in [6, 6.07) is 10.5. The predicted molar refractivity (Wildman–Crippen MR) is 92.0 cm³/mol. The van der Waals surface area contributed by atoms with Crippen molar-refractivity contribution >= 4 is 23.4 Å². The zero-order valence-corrected chi connectivity index (χ0v) is 13.6. The SMILES string of the molecule is Nc1nc(Cl)cc(N(Cc2ccc(-n3cncn3)cc2)C2CC2)n1. The molecule has 24 heavy (non-hydrogen) atoms. The van der Waals surface area contributed by atoms with E-state index in [0.717, 1.165) is 30.9 Å². The van der Waals surface area contributed by atoms with E-state index in [1.165, 1.54) is 11.9 Å². The van der Waals surface area contributed by atoms with Crippen LogP contribution in [-0.2, 0) is 6.54 Å². The van der Waals surface area contributed by atoms with Crippen LogP contribution in [-0.4, -0.2) is 30.8 Å². The van der Waals surface area contributed by atoms with Gasteiger partial charge in [-0.1, -0.05) is 23.7 Å². The summed E-state index contributed by atoms with van der Waals surface area (Å²) in [5.74, 6) is 0.972. The highest BCUT2D eigenvalue weighted by molar-refractivity contribution is 6.29. The molecule has 2 aromatic heterocycles. The van der Waals surface area contributed by atoms with Crippen molar-refractivity contribution in [2.24, 2.45) is 0 Å². The van der Waals surface area contributed by atoms with E-state index in [9.17, 15) is 0 Å². The van der Waals surface area contributed by atoms with Crippen LogP contribution in [0.4, 0.5) is 11.8 Å². The number of hydrogen-bond donors (Lipinski definition) is 1. The number of benzene rings is 1.